The molecular weight excluding hydrogens is 294 g/mol. The number of nitrogens with zero attached hydrogens (tertiary/aromatic N) is 1. The molecule has 0 bridgehead atoms. The molecule has 1 aliphatic rings. The topological polar surface area (TPSA) is 68.0 Å². The third kappa shape index (κ3) is 3.11. The van der Waals surface area contributed by atoms with Gasteiger partial charge in [-0.1, -0.05) is 0 Å². The summed E-state index contributed by atoms with van der Waals surface area (Å²) < 4.78 is 0. The summed E-state index contributed by atoms with van der Waals surface area (Å²) in [5.41, 5.74) is 7.53. The number of nitrogen functional groups attached to an aromatic ring is 1. The summed E-state index contributed by atoms with van der Waals surface area (Å²) in [5, 5.41) is 2.85. The molecule has 0 atom stereocenters. The van der Waals surface area contributed by atoms with Crippen LogP contribution < -0.4 is 11.1 Å². The Morgan fingerprint density at radius 2 is 2.10 bits per heavy atom. The summed E-state index contributed by atoms with van der Waals surface area (Å²) in [6, 6.07) is 5.46. The highest BCUT2D eigenvalue weighted by Gasteiger charge is 2.17. The highest BCUT2D eigenvalue weighted by molar-refractivity contribution is 7.14. The van der Waals surface area contributed by atoms with Crippen LogP contribution in [0, 0.1) is 0 Å². The maximum atomic E-state index is 12.2. The van der Waals surface area contributed by atoms with Gasteiger partial charge in [-0.05, 0) is 49.4 Å². The Labute approximate surface area is 127 Å². The first kappa shape index (κ1) is 14.8. The molecule has 106 valence electrons. The number of halogens is 1. The first-order valence-corrected chi connectivity index (χ1v) is 7.18. The van der Waals surface area contributed by atoms with Crippen molar-refractivity contribution in [2.24, 2.45) is 0 Å². The van der Waals surface area contributed by atoms with Gasteiger partial charge in [-0.3, -0.25) is 4.79 Å². The molecule has 0 spiro atoms. The fourth-order valence-corrected chi connectivity index (χ4v) is 3.42. The van der Waals surface area contributed by atoms with E-state index >= 15 is 0 Å². The van der Waals surface area contributed by atoms with Crippen LogP contribution in [0.2, 0.25) is 0 Å². The lowest BCUT2D eigenvalue weighted by Crippen LogP contribution is -2.10. The van der Waals surface area contributed by atoms with Gasteiger partial charge in [-0.15, -0.1) is 23.7 Å². The SMILES string of the molecule is Cl.Nc1ccc(NC(=O)c2cc3c(s2)CCCC3)cn1. The van der Waals surface area contributed by atoms with Crippen LogP contribution in [0.25, 0.3) is 0 Å². The lowest BCUT2D eigenvalue weighted by atomic mass is 9.99. The van der Waals surface area contributed by atoms with Gasteiger partial charge in [0.05, 0.1) is 16.8 Å². The number of carbonyl (C=O) groups excluding carboxylic acids is 1. The Morgan fingerprint density at radius 3 is 2.80 bits per heavy atom. The van der Waals surface area contributed by atoms with E-state index in [2.05, 4.69) is 10.3 Å². The van der Waals surface area contributed by atoms with Crippen LogP contribution in [0.1, 0.15) is 33.0 Å². The van der Waals surface area contributed by atoms with Crippen molar-refractivity contribution in [3.8, 4) is 0 Å². The second kappa shape index (κ2) is 6.24. The largest absolute Gasteiger partial charge is 0.384 e. The van der Waals surface area contributed by atoms with Crippen LogP contribution in [-0.2, 0) is 12.8 Å². The number of fused-ring (bicyclic) bond motifs is 1. The molecule has 0 aromatic carbocycles. The number of nitrogens with two attached hydrogens (primary N) is 1. The predicted octanol–water partition coefficient (Wildman–Crippen LogP) is 3.28. The van der Waals surface area contributed by atoms with Gasteiger partial charge >= 0.3 is 0 Å². The summed E-state index contributed by atoms with van der Waals surface area (Å²) in [6.07, 6.45) is 6.24. The number of rotatable bonds is 2. The second-order valence-electron chi connectivity index (χ2n) is 4.69. The summed E-state index contributed by atoms with van der Waals surface area (Å²) in [4.78, 5) is 18.3. The van der Waals surface area contributed by atoms with E-state index in [0.717, 1.165) is 17.7 Å². The zero-order valence-electron chi connectivity index (χ0n) is 10.9. The normalized spacial score (nSPS) is 13.2. The van der Waals surface area contributed by atoms with E-state index in [-0.39, 0.29) is 18.3 Å². The zero-order chi connectivity index (χ0) is 13.2. The van der Waals surface area contributed by atoms with Crippen LogP contribution in [0.4, 0.5) is 11.5 Å². The minimum atomic E-state index is -0.0639. The fraction of sp³-hybridized carbons (Fsp3) is 0.286. The fourth-order valence-electron chi connectivity index (χ4n) is 2.27. The summed E-state index contributed by atoms with van der Waals surface area (Å²) in [5.74, 6) is 0.385. The number of amides is 1. The van der Waals surface area contributed by atoms with Crippen molar-refractivity contribution < 1.29 is 4.79 Å². The van der Waals surface area contributed by atoms with E-state index in [4.69, 9.17) is 5.73 Å². The van der Waals surface area contributed by atoms with Crippen molar-refractivity contribution in [1.82, 2.24) is 4.98 Å². The number of pyridine rings is 1. The molecule has 6 heteroatoms. The van der Waals surface area contributed by atoms with Gasteiger partial charge < -0.3 is 11.1 Å². The average Bonchev–Trinajstić information content (AvgIpc) is 2.85. The predicted molar refractivity (Wildman–Crippen MR) is 84.8 cm³/mol. The molecule has 2 aromatic rings. The first-order chi connectivity index (χ1) is 9.22. The van der Waals surface area contributed by atoms with Crippen molar-refractivity contribution in [1.29, 1.82) is 0 Å². The quantitative estimate of drug-likeness (QED) is 0.894. The lowest BCUT2D eigenvalue weighted by Gasteiger charge is -2.08. The molecule has 3 N–H and O–H groups in total. The Morgan fingerprint density at radius 1 is 1.30 bits per heavy atom. The Balaban J connectivity index is 0.00000147. The van der Waals surface area contributed by atoms with E-state index in [9.17, 15) is 4.79 Å². The minimum Gasteiger partial charge on any atom is -0.384 e. The molecule has 0 fully saturated rings. The Bertz CT molecular complexity index is 586. The number of nitrogens with one attached hydrogen (secondary N) is 1. The molecule has 3 rings (SSSR count). The molecule has 0 aliphatic heterocycles. The van der Waals surface area contributed by atoms with E-state index in [1.54, 1.807) is 29.7 Å². The lowest BCUT2D eigenvalue weighted by molar-refractivity contribution is 0.103. The number of anilines is 2. The smallest absolute Gasteiger partial charge is 0.265 e. The molecule has 1 amide bonds. The molecular formula is C14H16ClN3OS. The van der Waals surface area contributed by atoms with Gasteiger partial charge in [0.2, 0.25) is 0 Å². The molecule has 20 heavy (non-hydrogen) atoms. The Hall–Kier alpha value is -1.59. The monoisotopic (exact) mass is 309 g/mol. The van der Waals surface area contributed by atoms with Gasteiger partial charge in [0.25, 0.3) is 5.91 Å². The molecule has 0 radical (unpaired) electrons. The zero-order valence-corrected chi connectivity index (χ0v) is 12.5. The number of aromatic nitrogens is 1. The van der Waals surface area contributed by atoms with Gasteiger partial charge in [0.15, 0.2) is 0 Å². The summed E-state index contributed by atoms with van der Waals surface area (Å²) >= 11 is 1.61. The van der Waals surface area contributed by atoms with Crippen LogP contribution in [0.5, 0.6) is 0 Å². The van der Waals surface area contributed by atoms with E-state index < -0.39 is 0 Å². The molecule has 0 unspecified atom stereocenters. The van der Waals surface area contributed by atoms with Crippen molar-refractivity contribution in [3.63, 3.8) is 0 Å². The number of carbonyl (C=O) groups is 1. The van der Waals surface area contributed by atoms with Crippen LogP contribution in [0.15, 0.2) is 24.4 Å². The molecule has 0 saturated carbocycles. The van der Waals surface area contributed by atoms with Crippen molar-refractivity contribution in [3.05, 3.63) is 39.7 Å². The number of hydrogen-bond donors (Lipinski definition) is 2. The second-order valence-corrected chi connectivity index (χ2v) is 5.83. The molecule has 2 aromatic heterocycles. The van der Waals surface area contributed by atoms with Crippen LogP contribution in [-0.4, -0.2) is 10.9 Å². The highest BCUT2D eigenvalue weighted by Crippen LogP contribution is 2.30. The maximum absolute atomic E-state index is 12.2. The standard InChI is InChI=1S/C14H15N3OS.ClH/c15-13-6-5-10(8-16-13)17-14(18)12-7-9-3-1-2-4-11(9)19-12;/h5-8H,1-4H2,(H2,15,16)(H,17,18);1H. The first-order valence-electron chi connectivity index (χ1n) is 6.37. The van der Waals surface area contributed by atoms with E-state index in [1.807, 2.05) is 6.07 Å². The van der Waals surface area contributed by atoms with E-state index in [0.29, 0.717) is 11.5 Å². The summed E-state index contributed by atoms with van der Waals surface area (Å²) in [6.45, 7) is 0. The van der Waals surface area contributed by atoms with Gasteiger partial charge in [0, 0.05) is 4.88 Å². The molecule has 2 heterocycles. The van der Waals surface area contributed by atoms with Gasteiger partial charge in [0.1, 0.15) is 5.82 Å². The minimum absolute atomic E-state index is 0. The summed E-state index contributed by atoms with van der Waals surface area (Å²) in [7, 11) is 0. The molecule has 1 aliphatic carbocycles. The van der Waals surface area contributed by atoms with Crippen molar-refractivity contribution in [2.75, 3.05) is 11.1 Å². The maximum Gasteiger partial charge on any atom is 0.265 e. The van der Waals surface area contributed by atoms with Crippen LogP contribution in [0.3, 0.4) is 0 Å². The van der Waals surface area contributed by atoms with Crippen molar-refractivity contribution >= 4 is 41.2 Å². The van der Waals surface area contributed by atoms with Gasteiger partial charge in [-0.2, -0.15) is 0 Å². The molecule has 4 nitrogen and oxygen atoms in total. The van der Waals surface area contributed by atoms with Crippen molar-refractivity contribution in [2.45, 2.75) is 25.7 Å². The third-order valence-corrected chi connectivity index (χ3v) is 4.50. The van der Waals surface area contributed by atoms with Crippen LogP contribution >= 0.6 is 23.7 Å². The molecule has 0 saturated heterocycles. The number of hydrogen-bond acceptors (Lipinski definition) is 4. The average molecular weight is 310 g/mol. The van der Waals surface area contributed by atoms with Gasteiger partial charge in [-0.25, -0.2) is 4.98 Å². The van der Waals surface area contributed by atoms with E-state index in [1.165, 1.54) is 23.3 Å². The number of aryl methyl sites for hydroxylation is 2. The highest BCUT2D eigenvalue weighted by atomic mass is 35.5. The third-order valence-electron chi connectivity index (χ3n) is 3.26. The number of thiophene rings is 1. The Kier molecular flexibility index (Phi) is 4.62.